The van der Waals surface area contributed by atoms with Gasteiger partial charge in [0.05, 0.1) is 7.11 Å². The first kappa shape index (κ1) is 17.1. The summed E-state index contributed by atoms with van der Waals surface area (Å²) in [6.07, 6.45) is 5.38. The molecule has 3 rings (SSSR count). The van der Waals surface area contributed by atoms with Gasteiger partial charge >= 0.3 is 0 Å². The van der Waals surface area contributed by atoms with Crippen LogP contribution in [-0.2, 0) is 0 Å². The molecule has 0 spiro atoms. The molecule has 0 fully saturated rings. The van der Waals surface area contributed by atoms with Gasteiger partial charge in [-0.1, -0.05) is 29.8 Å². The number of rotatable bonds is 5. The van der Waals surface area contributed by atoms with Crippen LogP contribution in [0.4, 0.5) is 0 Å². The molecule has 0 atom stereocenters. The van der Waals surface area contributed by atoms with E-state index in [0.717, 1.165) is 16.9 Å². The van der Waals surface area contributed by atoms with Crippen molar-refractivity contribution in [2.75, 3.05) is 7.11 Å². The van der Waals surface area contributed by atoms with Gasteiger partial charge in [-0.05, 0) is 54.7 Å². The van der Waals surface area contributed by atoms with Gasteiger partial charge in [0, 0.05) is 22.4 Å². The lowest BCUT2D eigenvalue weighted by atomic mass is 10.2. The largest absolute Gasteiger partial charge is 0.496 e. The van der Waals surface area contributed by atoms with Crippen LogP contribution in [0.1, 0.15) is 5.56 Å². The van der Waals surface area contributed by atoms with E-state index in [4.69, 9.17) is 28.6 Å². The highest BCUT2D eigenvalue weighted by Gasteiger charge is 2.07. The number of aromatic nitrogens is 3. The van der Waals surface area contributed by atoms with Gasteiger partial charge in [0.2, 0.25) is 4.77 Å². The molecule has 25 heavy (non-hydrogen) atoms. The Bertz CT molecular complexity index is 973. The van der Waals surface area contributed by atoms with Crippen LogP contribution >= 0.6 is 23.8 Å². The molecule has 0 aliphatic heterocycles. The number of nitrogens with zero attached hydrogens (tertiary/aromatic N) is 3. The second-order valence-corrected chi connectivity index (χ2v) is 5.86. The Kier molecular flexibility index (Phi) is 5.42. The molecule has 0 saturated heterocycles. The van der Waals surface area contributed by atoms with Crippen LogP contribution in [0, 0.1) is 4.77 Å². The monoisotopic (exact) mass is 370 g/mol. The molecule has 126 valence electrons. The Hall–Kier alpha value is -2.70. The first-order valence-corrected chi connectivity index (χ1v) is 8.25. The average Bonchev–Trinajstić information content (AvgIpc) is 3.00. The van der Waals surface area contributed by atoms with Gasteiger partial charge in [0.1, 0.15) is 5.75 Å². The Labute approximate surface area is 155 Å². The smallest absolute Gasteiger partial charge is 0.216 e. The summed E-state index contributed by atoms with van der Waals surface area (Å²) in [7, 11) is 1.64. The molecular formula is C18H15ClN4OS. The lowest BCUT2D eigenvalue weighted by Crippen LogP contribution is -1.93. The van der Waals surface area contributed by atoms with Crippen LogP contribution in [0.25, 0.3) is 17.5 Å². The average molecular weight is 371 g/mol. The maximum absolute atomic E-state index is 5.92. The lowest BCUT2D eigenvalue weighted by Gasteiger charge is -2.02. The van der Waals surface area contributed by atoms with Crippen molar-refractivity contribution in [1.82, 2.24) is 14.9 Å². The first-order chi connectivity index (χ1) is 12.2. The van der Waals surface area contributed by atoms with Crippen molar-refractivity contribution < 1.29 is 4.74 Å². The van der Waals surface area contributed by atoms with Crippen LogP contribution in [-0.4, -0.2) is 28.2 Å². The SMILES string of the molecule is COc1ccccc1/C=C\C=Nn1c(-c2ccc(Cl)cc2)n[nH]c1=S. The third-order valence-electron chi connectivity index (χ3n) is 3.44. The quantitative estimate of drug-likeness (QED) is 0.517. The van der Waals surface area contributed by atoms with Crippen molar-refractivity contribution in [2.24, 2.45) is 5.10 Å². The molecule has 5 nitrogen and oxygen atoms in total. The number of aromatic amines is 1. The van der Waals surface area contributed by atoms with E-state index >= 15 is 0 Å². The molecule has 1 aromatic heterocycles. The van der Waals surface area contributed by atoms with E-state index in [1.54, 1.807) is 30.1 Å². The summed E-state index contributed by atoms with van der Waals surface area (Å²) in [5, 5.41) is 12.0. The highest BCUT2D eigenvalue weighted by atomic mass is 35.5. The number of nitrogens with one attached hydrogen (secondary N) is 1. The lowest BCUT2D eigenvalue weighted by molar-refractivity contribution is 0.414. The fraction of sp³-hybridized carbons (Fsp3) is 0.0556. The van der Waals surface area contributed by atoms with Gasteiger partial charge in [-0.2, -0.15) is 14.9 Å². The first-order valence-electron chi connectivity index (χ1n) is 7.46. The third-order valence-corrected chi connectivity index (χ3v) is 3.95. The zero-order valence-electron chi connectivity index (χ0n) is 13.4. The minimum Gasteiger partial charge on any atom is -0.496 e. The van der Waals surface area contributed by atoms with E-state index in [0.29, 0.717) is 15.6 Å². The number of benzene rings is 2. The predicted molar refractivity (Wildman–Crippen MR) is 104 cm³/mol. The summed E-state index contributed by atoms with van der Waals surface area (Å²) in [4.78, 5) is 0. The maximum Gasteiger partial charge on any atom is 0.216 e. The van der Waals surface area contributed by atoms with Gasteiger partial charge in [-0.25, -0.2) is 5.10 Å². The number of para-hydroxylation sites is 1. The van der Waals surface area contributed by atoms with Crippen molar-refractivity contribution in [1.29, 1.82) is 0 Å². The number of ether oxygens (including phenoxy) is 1. The molecule has 1 N–H and O–H groups in total. The number of allylic oxidation sites excluding steroid dienone is 1. The molecule has 7 heteroatoms. The van der Waals surface area contributed by atoms with E-state index in [1.807, 2.05) is 48.6 Å². The summed E-state index contributed by atoms with van der Waals surface area (Å²) >= 11 is 11.2. The number of hydrogen-bond donors (Lipinski definition) is 1. The second-order valence-electron chi connectivity index (χ2n) is 5.04. The molecule has 0 saturated carbocycles. The number of halogens is 1. The minimum absolute atomic E-state index is 0.409. The molecule has 0 aliphatic carbocycles. The number of methoxy groups -OCH3 is 1. The molecule has 0 aliphatic rings. The zero-order chi connectivity index (χ0) is 17.6. The Balaban J connectivity index is 1.85. The normalized spacial score (nSPS) is 11.4. The van der Waals surface area contributed by atoms with E-state index in [9.17, 15) is 0 Å². The van der Waals surface area contributed by atoms with E-state index in [-0.39, 0.29) is 0 Å². The summed E-state index contributed by atoms with van der Waals surface area (Å²) in [5.41, 5.74) is 1.83. The molecule has 2 aromatic carbocycles. The summed E-state index contributed by atoms with van der Waals surface area (Å²) < 4.78 is 7.28. The fourth-order valence-electron chi connectivity index (χ4n) is 2.24. The van der Waals surface area contributed by atoms with Gasteiger partial charge in [-0.3, -0.25) is 0 Å². The van der Waals surface area contributed by atoms with Crippen molar-refractivity contribution in [3.8, 4) is 17.1 Å². The van der Waals surface area contributed by atoms with Gasteiger partial charge < -0.3 is 4.74 Å². The van der Waals surface area contributed by atoms with Crippen LogP contribution in [0.15, 0.2) is 59.7 Å². The van der Waals surface area contributed by atoms with Crippen LogP contribution in [0.3, 0.4) is 0 Å². The van der Waals surface area contributed by atoms with Crippen molar-refractivity contribution in [3.05, 3.63) is 70.0 Å². The number of hydrogen-bond acceptors (Lipinski definition) is 4. The fourth-order valence-corrected chi connectivity index (χ4v) is 2.55. The van der Waals surface area contributed by atoms with Gasteiger partial charge in [-0.15, -0.1) is 0 Å². The molecule has 0 bridgehead atoms. The summed E-state index contributed by atoms with van der Waals surface area (Å²) in [6.45, 7) is 0. The van der Waals surface area contributed by atoms with Crippen LogP contribution in [0.2, 0.25) is 5.02 Å². The maximum atomic E-state index is 5.92. The molecule has 0 radical (unpaired) electrons. The number of H-pyrrole nitrogens is 1. The van der Waals surface area contributed by atoms with Crippen LogP contribution < -0.4 is 4.74 Å². The van der Waals surface area contributed by atoms with Crippen molar-refractivity contribution in [2.45, 2.75) is 0 Å². The predicted octanol–water partition coefficient (Wildman–Crippen LogP) is 4.82. The topological polar surface area (TPSA) is 55.2 Å². The van der Waals surface area contributed by atoms with Crippen molar-refractivity contribution >= 4 is 36.1 Å². The molecular weight excluding hydrogens is 356 g/mol. The van der Waals surface area contributed by atoms with Gasteiger partial charge in [0.25, 0.3) is 0 Å². The highest BCUT2D eigenvalue weighted by molar-refractivity contribution is 7.71. The van der Waals surface area contributed by atoms with Gasteiger partial charge in [0.15, 0.2) is 5.82 Å². The van der Waals surface area contributed by atoms with Crippen molar-refractivity contribution in [3.63, 3.8) is 0 Å². The van der Waals surface area contributed by atoms with Crippen LogP contribution in [0.5, 0.6) is 5.75 Å². The molecule has 1 heterocycles. The second kappa shape index (κ2) is 7.92. The molecule has 3 aromatic rings. The molecule has 0 unspecified atom stereocenters. The van der Waals surface area contributed by atoms with E-state index in [1.165, 1.54) is 0 Å². The Morgan fingerprint density at radius 1 is 1.20 bits per heavy atom. The summed E-state index contributed by atoms with van der Waals surface area (Å²) in [6, 6.07) is 15.1. The Morgan fingerprint density at radius 3 is 2.72 bits per heavy atom. The minimum atomic E-state index is 0.409. The Morgan fingerprint density at radius 2 is 1.96 bits per heavy atom. The molecule has 0 amide bonds. The van der Waals surface area contributed by atoms with E-state index in [2.05, 4.69) is 15.3 Å². The van der Waals surface area contributed by atoms with E-state index < -0.39 is 0 Å². The third kappa shape index (κ3) is 4.04. The summed E-state index contributed by atoms with van der Waals surface area (Å²) in [5.74, 6) is 1.41. The highest BCUT2D eigenvalue weighted by Crippen LogP contribution is 2.20. The zero-order valence-corrected chi connectivity index (χ0v) is 15.0. The standard InChI is InChI=1S/C18H15ClN4OS/c1-24-16-7-3-2-5-13(16)6-4-12-20-23-17(21-22-18(23)25)14-8-10-15(19)11-9-14/h2-12H,1H3,(H,22,25)/b6-4-,20-12?.